The highest BCUT2D eigenvalue weighted by Gasteiger charge is 2.20. The van der Waals surface area contributed by atoms with Gasteiger partial charge in [-0.15, -0.1) is 5.10 Å². The molecule has 1 N–H and O–H groups in total. The van der Waals surface area contributed by atoms with Gasteiger partial charge in [0.1, 0.15) is 5.69 Å². The van der Waals surface area contributed by atoms with Gasteiger partial charge in [-0.25, -0.2) is 4.79 Å². The highest BCUT2D eigenvalue weighted by molar-refractivity contribution is 6.33. The zero-order chi connectivity index (χ0) is 14.7. The fourth-order valence-corrected chi connectivity index (χ4v) is 2.00. The van der Waals surface area contributed by atoms with Gasteiger partial charge in [-0.05, 0) is 25.1 Å². The largest absolute Gasteiger partial charge is 0.461 e. The molecule has 2 rings (SSSR count). The van der Waals surface area contributed by atoms with Crippen molar-refractivity contribution in [3.63, 3.8) is 0 Å². The smallest absolute Gasteiger partial charge is 0.361 e. The molecule has 6 nitrogen and oxygen atoms in total. The minimum atomic E-state index is -0.524. The molecule has 20 heavy (non-hydrogen) atoms. The van der Waals surface area contributed by atoms with Gasteiger partial charge >= 0.3 is 5.97 Å². The van der Waals surface area contributed by atoms with Crippen molar-refractivity contribution in [2.24, 2.45) is 0 Å². The lowest BCUT2D eigenvalue weighted by atomic mass is 10.1. The monoisotopic (exact) mass is 294 g/mol. The Morgan fingerprint density at radius 3 is 2.75 bits per heavy atom. The second kappa shape index (κ2) is 5.92. The van der Waals surface area contributed by atoms with Gasteiger partial charge in [0.15, 0.2) is 5.69 Å². The molecule has 0 atom stereocenters. The van der Waals surface area contributed by atoms with E-state index in [1.807, 2.05) is 25.1 Å². The molecule has 0 aliphatic heterocycles. The number of aromatic amines is 1. The Morgan fingerprint density at radius 2 is 2.15 bits per heavy atom. The minimum Gasteiger partial charge on any atom is -0.461 e. The number of anilines is 1. The van der Waals surface area contributed by atoms with E-state index in [2.05, 4.69) is 15.4 Å². The van der Waals surface area contributed by atoms with Crippen LogP contribution in [0.15, 0.2) is 18.2 Å². The van der Waals surface area contributed by atoms with E-state index < -0.39 is 5.97 Å². The Labute approximate surface area is 121 Å². The molecule has 0 aliphatic carbocycles. The predicted molar refractivity (Wildman–Crippen MR) is 77.1 cm³/mol. The molecule has 0 saturated heterocycles. The number of carbonyl (C=O) groups is 1. The predicted octanol–water partition coefficient (Wildman–Crippen LogP) is 2.37. The number of aromatic nitrogens is 3. The zero-order valence-electron chi connectivity index (χ0n) is 11.5. The van der Waals surface area contributed by atoms with Gasteiger partial charge < -0.3 is 9.64 Å². The van der Waals surface area contributed by atoms with E-state index in [-0.39, 0.29) is 12.3 Å². The first-order valence-corrected chi connectivity index (χ1v) is 6.47. The maximum absolute atomic E-state index is 11.8. The summed E-state index contributed by atoms with van der Waals surface area (Å²) in [7, 11) is 3.84. The fourth-order valence-electron chi connectivity index (χ4n) is 1.73. The van der Waals surface area contributed by atoms with Crippen LogP contribution in [0.3, 0.4) is 0 Å². The van der Waals surface area contributed by atoms with Gasteiger partial charge in [0, 0.05) is 25.3 Å². The molecule has 1 heterocycles. The van der Waals surface area contributed by atoms with Crippen LogP contribution in [0.1, 0.15) is 17.4 Å². The highest BCUT2D eigenvalue weighted by Crippen LogP contribution is 2.31. The highest BCUT2D eigenvalue weighted by atomic mass is 35.5. The summed E-state index contributed by atoms with van der Waals surface area (Å²) in [6.07, 6.45) is 0. The number of esters is 1. The minimum absolute atomic E-state index is 0.131. The van der Waals surface area contributed by atoms with Crippen LogP contribution in [-0.2, 0) is 4.74 Å². The molecule has 2 aromatic rings. The van der Waals surface area contributed by atoms with Crippen molar-refractivity contribution in [2.75, 3.05) is 25.6 Å². The van der Waals surface area contributed by atoms with Crippen LogP contribution in [0.5, 0.6) is 0 Å². The molecule has 0 unspecified atom stereocenters. The Balaban J connectivity index is 2.42. The molecule has 0 amide bonds. The van der Waals surface area contributed by atoms with Crippen LogP contribution >= 0.6 is 11.6 Å². The van der Waals surface area contributed by atoms with Crippen molar-refractivity contribution < 1.29 is 9.53 Å². The van der Waals surface area contributed by atoms with Crippen LogP contribution in [0.4, 0.5) is 5.69 Å². The van der Waals surface area contributed by atoms with Gasteiger partial charge in [0.25, 0.3) is 0 Å². The number of ether oxygens (including phenoxy) is 1. The van der Waals surface area contributed by atoms with Crippen molar-refractivity contribution in [3.8, 4) is 11.3 Å². The molecule has 0 aliphatic rings. The van der Waals surface area contributed by atoms with E-state index in [1.54, 1.807) is 19.1 Å². The van der Waals surface area contributed by atoms with Crippen LogP contribution in [-0.4, -0.2) is 42.1 Å². The van der Waals surface area contributed by atoms with Gasteiger partial charge in [0.2, 0.25) is 0 Å². The molecule has 0 radical (unpaired) electrons. The summed E-state index contributed by atoms with van der Waals surface area (Å²) in [6, 6.07) is 5.50. The standard InChI is InChI=1S/C13H15ClN4O2/c1-4-20-13(19)12-11(15-17-16-12)9-6-5-8(18(2)3)7-10(9)14/h5-7H,4H2,1-3H3,(H,15,16,17). The first-order valence-electron chi connectivity index (χ1n) is 6.09. The second-order valence-electron chi connectivity index (χ2n) is 4.30. The fraction of sp³-hybridized carbons (Fsp3) is 0.308. The van der Waals surface area contributed by atoms with E-state index in [0.29, 0.717) is 16.3 Å². The first kappa shape index (κ1) is 14.3. The third-order valence-electron chi connectivity index (χ3n) is 2.74. The van der Waals surface area contributed by atoms with Crippen molar-refractivity contribution in [1.29, 1.82) is 0 Å². The lowest BCUT2D eigenvalue weighted by Gasteiger charge is -2.13. The van der Waals surface area contributed by atoms with Crippen LogP contribution in [0.25, 0.3) is 11.3 Å². The Bertz CT molecular complexity index is 625. The van der Waals surface area contributed by atoms with Crippen molar-refractivity contribution in [2.45, 2.75) is 6.92 Å². The molecule has 0 bridgehead atoms. The van der Waals surface area contributed by atoms with Crippen molar-refractivity contribution >= 4 is 23.3 Å². The van der Waals surface area contributed by atoms with Gasteiger partial charge in [-0.2, -0.15) is 10.3 Å². The second-order valence-corrected chi connectivity index (χ2v) is 4.71. The van der Waals surface area contributed by atoms with Gasteiger partial charge in [-0.1, -0.05) is 11.6 Å². The van der Waals surface area contributed by atoms with E-state index >= 15 is 0 Å². The Hall–Kier alpha value is -2.08. The number of nitrogens with zero attached hydrogens (tertiary/aromatic N) is 3. The molecule has 0 fully saturated rings. The van der Waals surface area contributed by atoms with Crippen LogP contribution in [0, 0.1) is 0 Å². The van der Waals surface area contributed by atoms with Crippen molar-refractivity contribution in [3.05, 3.63) is 28.9 Å². The maximum atomic E-state index is 11.8. The number of H-pyrrole nitrogens is 1. The van der Waals surface area contributed by atoms with Gasteiger partial charge in [-0.3, -0.25) is 0 Å². The maximum Gasteiger partial charge on any atom is 0.361 e. The molecule has 0 saturated carbocycles. The lowest BCUT2D eigenvalue weighted by molar-refractivity contribution is 0.0520. The number of benzene rings is 1. The summed E-state index contributed by atoms with van der Waals surface area (Å²) in [6.45, 7) is 2.01. The van der Waals surface area contributed by atoms with Crippen molar-refractivity contribution in [1.82, 2.24) is 15.4 Å². The number of carbonyl (C=O) groups excluding carboxylic acids is 1. The van der Waals surface area contributed by atoms with E-state index in [0.717, 1.165) is 5.69 Å². The van der Waals surface area contributed by atoms with E-state index in [9.17, 15) is 4.79 Å². The number of halogens is 1. The summed E-state index contributed by atoms with van der Waals surface area (Å²) in [5.74, 6) is -0.524. The lowest BCUT2D eigenvalue weighted by Crippen LogP contribution is -2.09. The van der Waals surface area contributed by atoms with Crippen LogP contribution in [0.2, 0.25) is 5.02 Å². The number of hydrogen-bond acceptors (Lipinski definition) is 5. The summed E-state index contributed by atoms with van der Waals surface area (Å²) >= 11 is 6.26. The number of nitrogens with one attached hydrogen (secondary N) is 1. The SMILES string of the molecule is CCOC(=O)c1n[nH]nc1-c1ccc(N(C)C)cc1Cl. The summed E-state index contributed by atoms with van der Waals surface area (Å²) in [5.41, 5.74) is 2.11. The Morgan fingerprint density at radius 1 is 1.40 bits per heavy atom. The zero-order valence-corrected chi connectivity index (χ0v) is 12.2. The topological polar surface area (TPSA) is 71.1 Å². The van der Waals surface area contributed by atoms with Crippen LogP contribution < -0.4 is 4.90 Å². The molecule has 1 aromatic heterocycles. The average Bonchev–Trinajstić information content (AvgIpc) is 2.87. The Kier molecular flexibility index (Phi) is 4.24. The summed E-state index contributed by atoms with van der Waals surface area (Å²) < 4.78 is 4.94. The molecular weight excluding hydrogens is 280 g/mol. The quantitative estimate of drug-likeness (QED) is 0.877. The van der Waals surface area contributed by atoms with E-state index in [4.69, 9.17) is 16.3 Å². The summed E-state index contributed by atoms with van der Waals surface area (Å²) in [5, 5.41) is 10.7. The first-order chi connectivity index (χ1) is 9.54. The number of rotatable bonds is 4. The molecule has 0 spiro atoms. The molecule has 7 heteroatoms. The third-order valence-corrected chi connectivity index (χ3v) is 3.05. The molecule has 1 aromatic carbocycles. The third kappa shape index (κ3) is 2.75. The van der Waals surface area contributed by atoms with Gasteiger partial charge in [0.05, 0.1) is 11.6 Å². The number of hydrogen-bond donors (Lipinski definition) is 1. The van der Waals surface area contributed by atoms with E-state index in [1.165, 1.54) is 0 Å². The average molecular weight is 295 g/mol. The summed E-state index contributed by atoms with van der Waals surface area (Å²) in [4.78, 5) is 13.7. The normalized spacial score (nSPS) is 10.4. The molecule has 106 valence electrons. The molecular formula is C13H15ClN4O2.